The van der Waals surface area contributed by atoms with Crippen LogP contribution in [0.4, 0.5) is 39.5 Å². The highest BCUT2D eigenvalue weighted by Gasteiger charge is 2.81. The molecule has 0 heterocycles. The Balaban J connectivity index is 4.89. The monoisotopic (exact) mass is 376 g/mol. The molecule has 0 aromatic heterocycles. The van der Waals surface area contributed by atoms with Crippen LogP contribution in [0, 0.1) is 0 Å². The van der Waals surface area contributed by atoms with Gasteiger partial charge in [-0.1, -0.05) is 6.58 Å². The van der Waals surface area contributed by atoms with Crippen molar-refractivity contribution in [3.05, 3.63) is 12.2 Å². The Morgan fingerprint density at radius 2 is 1.38 bits per heavy atom. The molecule has 0 aromatic carbocycles. The smallest absolute Gasteiger partial charge is 0.460 e. The molecular weight excluding hydrogens is 367 g/mol. The Hall–Kier alpha value is -1.95. The lowest BCUT2D eigenvalue weighted by atomic mass is 10.0. The first-order valence-corrected chi connectivity index (χ1v) is 5.74. The Morgan fingerprint density at radius 1 is 0.917 bits per heavy atom. The second kappa shape index (κ2) is 6.89. The van der Waals surface area contributed by atoms with Crippen LogP contribution in [0.15, 0.2) is 12.2 Å². The van der Waals surface area contributed by atoms with Crippen molar-refractivity contribution in [2.24, 2.45) is 0 Å². The zero-order chi connectivity index (χ0) is 19.6. The summed E-state index contributed by atoms with van der Waals surface area (Å²) in [6, 6.07) is 0. The molecule has 0 radical (unpaired) electrons. The summed E-state index contributed by atoms with van der Waals surface area (Å²) in [5.74, 6) is -22.9. The number of carboxylic acid groups (broad SMARTS) is 1. The third-order valence-electron chi connectivity index (χ3n) is 2.55. The van der Waals surface area contributed by atoms with Gasteiger partial charge in [0, 0.05) is 5.57 Å². The van der Waals surface area contributed by atoms with E-state index in [0.717, 1.165) is 0 Å². The molecule has 13 heteroatoms. The van der Waals surface area contributed by atoms with Crippen LogP contribution in [0.3, 0.4) is 0 Å². The normalized spacial score (nSPS) is 13.5. The lowest BCUT2D eigenvalue weighted by Crippen LogP contribution is -2.61. The van der Waals surface area contributed by atoms with Crippen molar-refractivity contribution in [1.29, 1.82) is 0 Å². The first kappa shape index (κ1) is 22.1. The number of carboxylic acids is 1. The summed E-state index contributed by atoms with van der Waals surface area (Å²) in [5, 5.41) is 8.34. The van der Waals surface area contributed by atoms with Crippen molar-refractivity contribution >= 4 is 11.9 Å². The van der Waals surface area contributed by atoms with E-state index in [4.69, 9.17) is 5.11 Å². The minimum absolute atomic E-state index is 0.749. The van der Waals surface area contributed by atoms with E-state index in [1.165, 1.54) is 0 Å². The van der Waals surface area contributed by atoms with E-state index in [2.05, 4.69) is 11.3 Å². The molecule has 1 N–H and O–H groups in total. The van der Waals surface area contributed by atoms with Crippen LogP contribution < -0.4 is 0 Å². The highest BCUT2D eigenvalue weighted by Crippen LogP contribution is 2.53. The Bertz CT molecular complexity index is 510. The zero-order valence-electron chi connectivity index (χ0n) is 11.4. The molecule has 0 unspecified atom stereocenters. The van der Waals surface area contributed by atoms with Crippen LogP contribution in [0.5, 0.6) is 0 Å². The van der Waals surface area contributed by atoms with Crippen LogP contribution in [0.1, 0.15) is 12.8 Å². The predicted molar refractivity (Wildman–Crippen MR) is 57.9 cm³/mol. The predicted octanol–water partition coefficient (Wildman–Crippen LogP) is 3.42. The van der Waals surface area contributed by atoms with E-state index in [-0.39, 0.29) is 0 Å². The fourth-order valence-corrected chi connectivity index (χ4v) is 1.16. The molecule has 0 spiro atoms. The van der Waals surface area contributed by atoms with Crippen molar-refractivity contribution < 1.29 is 58.9 Å². The number of hydrogen-bond acceptors (Lipinski definition) is 3. The number of carbonyl (C=O) groups is 2. The van der Waals surface area contributed by atoms with Gasteiger partial charge in [-0.2, -0.15) is 39.5 Å². The molecule has 0 aliphatic heterocycles. The maximum absolute atomic E-state index is 13.0. The van der Waals surface area contributed by atoms with Gasteiger partial charge in [-0.25, -0.2) is 4.79 Å². The minimum Gasteiger partial charge on any atom is -0.478 e. The summed E-state index contributed by atoms with van der Waals surface area (Å²) in [5.41, 5.74) is -0.749. The maximum atomic E-state index is 13.0. The summed E-state index contributed by atoms with van der Waals surface area (Å²) >= 11 is 0. The number of carbonyl (C=O) groups excluding carboxylic acids is 1. The van der Waals surface area contributed by atoms with Gasteiger partial charge in [-0.3, -0.25) is 4.79 Å². The quantitative estimate of drug-likeness (QED) is 0.401. The fraction of sp³-hybridized carbons (Fsp3) is 0.636. The van der Waals surface area contributed by atoms with Gasteiger partial charge in [0.25, 0.3) is 0 Å². The molecular formula is C11H9F9O4. The van der Waals surface area contributed by atoms with Crippen LogP contribution in [-0.4, -0.2) is 47.6 Å². The first-order valence-electron chi connectivity index (χ1n) is 5.74. The summed E-state index contributed by atoms with van der Waals surface area (Å²) in [6.45, 7) is 1.21. The highest BCUT2D eigenvalue weighted by molar-refractivity contribution is 5.91. The average molecular weight is 376 g/mol. The fourth-order valence-electron chi connectivity index (χ4n) is 1.16. The lowest BCUT2D eigenvalue weighted by molar-refractivity contribution is -0.397. The van der Waals surface area contributed by atoms with E-state index in [9.17, 15) is 49.1 Å². The van der Waals surface area contributed by atoms with Crippen molar-refractivity contribution in [2.45, 2.75) is 36.8 Å². The topological polar surface area (TPSA) is 63.6 Å². The second-order valence-corrected chi connectivity index (χ2v) is 4.41. The lowest BCUT2D eigenvalue weighted by Gasteiger charge is -2.33. The van der Waals surface area contributed by atoms with Gasteiger partial charge in [0.2, 0.25) is 0 Å². The molecule has 0 fully saturated rings. The van der Waals surface area contributed by atoms with E-state index < -0.39 is 60.9 Å². The molecule has 0 aliphatic carbocycles. The number of hydrogen-bond donors (Lipinski definition) is 1. The van der Waals surface area contributed by atoms with Gasteiger partial charge >= 0.3 is 35.9 Å². The van der Waals surface area contributed by atoms with Crippen molar-refractivity contribution in [3.8, 4) is 0 Å². The number of rotatable bonds is 8. The van der Waals surface area contributed by atoms with E-state index in [0.29, 0.717) is 0 Å². The van der Waals surface area contributed by atoms with Gasteiger partial charge < -0.3 is 9.84 Å². The molecule has 4 nitrogen and oxygen atoms in total. The Morgan fingerprint density at radius 3 is 1.75 bits per heavy atom. The minimum atomic E-state index is -7.02. The Kier molecular flexibility index (Phi) is 6.33. The molecule has 0 aromatic rings. The van der Waals surface area contributed by atoms with Crippen molar-refractivity contribution in [3.63, 3.8) is 0 Å². The largest absolute Gasteiger partial charge is 0.478 e. The number of aliphatic carboxylic acids is 1. The molecule has 140 valence electrons. The summed E-state index contributed by atoms with van der Waals surface area (Å²) < 4.78 is 116. The van der Waals surface area contributed by atoms with Gasteiger partial charge in [0.1, 0.15) is 0 Å². The SMILES string of the molecule is C=C(CC(=O)OCCC(F)(F)C(F)(F)C(F)(F)C(F)(F)F)C(=O)O. The summed E-state index contributed by atoms with van der Waals surface area (Å²) in [6.07, 6.45) is -10.3. The van der Waals surface area contributed by atoms with E-state index in [1.54, 1.807) is 0 Å². The average Bonchev–Trinajstić information content (AvgIpc) is 2.36. The standard InChI is InChI=1S/C11H9F9O4/c1-5(7(22)23)4-6(21)24-3-2-8(12,13)9(14,15)10(16,17)11(18,19)20/h1-4H2,(H,22,23). The summed E-state index contributed by atoms with van der Waals surface area (Å²) in [7, 11) is 0. The van der Waals surface area contributed by atoms with Crippen LogP contribution in [0.2, 0.25) is 0 Å². The molecule has 0 bridgehead atoms. The van der Waals surface area contributed by atoms with Gasteiger partial charge in [0.05, 0.1) is 19.4 Å². The maximum Gasteiger partial charge on any atom is 0.460 e. The zero-order valence-corrected chi connectivity index (χ0v) is 11.4. The number of halogens is 9. The highest BCUT2D eigenvalue weighted by atomic mass is 19.4. The van der Waals surface area contributed by atoms with E-state index >= 15 is 0 Å². The molecule has 0 aliphatic rings. The van der Waals surface area contributed by atoms with Crippen LogP contribution >= 0.6 is 0 Å². The third kappa shape index (κ3) is 4.54. The number of ether oxygens (including phenoxy) is 1. The van der Waals surface area contributed by atoms with Crippen molar-refractivity contribution in [1.82, 2.24) is 0 Å². The van der Waals surface area contributed by atoms with Crippen molar-refractivity contribution in [2.75, 3.05) is 6.61 Å². The molecule has 0 atom stereocenters. The van der Waals surface area contributed by atoms with Crippen LogP contribution in [0.25, 0.3) is 0 Å². The third-order valence-corrected chi connectivity index (χ3v) is 2.55. The number of alkyl halides is 9. The summed E-state index contributed by atoms with van der Waals surface area (Å²) in [4.78, 5) is 21.2. The van der Waals surface area contributed by atoms with Crippen LogP contribution in [-0.2, 0) is 14.3 Å². The first-order chi connectivity index (χ1) is 10.5. The second-order valence-electron chi connectivity index (χ2n) is 4.41. The van der Waals surface area contributed by atoms with E-state index in [1.807, 2.05) is 0 Å². The molecule has 24 heavy (non-hydrogen) atoms. The van der Waals surface area contributed by atoms with Gasteiger partial charge in [0.15, 0.2) is 0 Å². The van der Waals surface area contributed by atoms with Gasteiger partial charge in [-0.05, 0) is 0 Å². The molecule has 0 saturated heterocycles. The van der Waals surface area contributed by atoms with Gasteiger partial charge in [-0.15, -0.1) is 0 Å². The molecule has 0 saturated carbocycles. The molecule has 0 amide bonds. The number of esters is 1. The molecule has 0 rings (SSSR count). The Labute approximate surface area is 127 Å².